The lowest BCUT2D eigenvalue weighted by atomic mass is 9.89. The fraction of sp³-hybridized carbons (Fsp3) is 0.571. The summed E-state index contributed by atoms with van der Waals surface area (Å²) in [5.41, 5.74) is 8.06. The normalized spacial score (nSPS) is 26.4. The van der Waals surface area contributed by atoms with Gasteiger partial charge in [0.25, 0.3) is 0 Å². The third-order valence-electron chi connectivity index (χ3n) is 3.62. The summed E-state index contributed by atoms with van der Waals surface area (Å²) in [6.07, 6.45) is 5.85. The van der Waals surface area contributed by atoms with Crippen molar-refractivity contribution in [2.24, 2.45) is 5.73 Å². The summed E-state index contributed by atoms with van der Waals surface area (Å²) in [5.74, 6) is 0.415. The topological polar surface area (TPSA) is 26.0 Å². The van der Waals surface area contributed by atoms with E-state index in [0.717, 1.165) is 18.4 Å². The van der Waals surface area contributed by atoms with Crippen LogP contribution in [0.3, 0.4) is 0 Å². The summed E-state index contributed by atoms with van der Waals surface area (Å²) in [6, 6.07) is 5.81. The zero-order valence-electron chi connectivity index (χ0n) is 9.88. The van der Waals surface area contributed by atoms with Gasteiger partial charge in [-0.3, -0.25) is 0 Å². The van der Waals surface area contributed by atoms with Crippen LogP contribution in [0.5, 0.6) is 0 Å². The smallest absolute Gasteiger partial charge is 0.126 e. The summed E-state index contributed by atoms with van der Waals surface area (Å²) in [5, 5.41) is 0. The molecule has 1 aliphatic rings. The Morgan fingerprint density at radius 3 is 2.75 bits per heavy atom. The van der Waals surface area contributed by atoms with E-state index in [0.29, 0.717) is 12.0 Å². The van der Waals surface area contributed by atoms with Crippen LogP contribution in [-0.4, -0.2) is 6.04 Å². The van der Waals surface area contributed by atoms with Crippen LogP contribution < -0.4 is 5.73 Å². The maximum atomic E-state index is 13.2. The van der Waals surface area contributed by atoms with Crippen molar-refractivity contribution >= 4 is 0 Å². The van der Waals surface area contributed by atoms with Crippen molar-refractivity contribution in [1.29, 1.82) is 0 Å². The summed E-state index contributed by atoms with van der Waals surface area (Å²) < 4.78 is 13.2. The maximum Gasteiger partial charge on any atom is 0.126 e. The van der Waals surface area contributed by atoms with Crippen molar-refractivity contribution in [2.75, 3.05) is 0 Å². The monoisotopic (exact) mass is 221 g/mol. The Morgan fingerprint density at radius 1 is 1.25 bits per heavy atom. The van der Waals surface area contributed by atoms with Crippen LogP contribution >= 0.6 is 0 Å². The lowest BCUT2D eigenvalue weighted by Gasteiger charge is -2.18. The van der Waals surface area contributed by atoms with Gasteiger partial charge < -0.3 is 5.73 Å². The van der Waals surface area contributed by atoms with E-state index in [4.69, 9.17) is 5.73 Å². The van der Waals surface area contributed by atoms with E-state index in [-0.39, 0.29) is 5.82 Å². The molecule has 1 aliphatic carbocycles. The van der Waals surface area contributed by atoms with Crippen molar-refractivity contribution in [3.05, 3.63) is 35.1 Å². The summed E-state index contributed by atoms with van der Waals surface area (Å²) in [6.45, 7) is 1.83. The fourth-order valence-electron chi connectivity index (χ4n) is 2.62. The molecular formula is C14H20FN. The molecule has 0 saturated heterocycles. The third-order valence-corrected chi connectivity index (χ3v) is 3.62. The predicted octanol–water partition coefficient (Wildman–Crippen LogP) is 3.51. The van der Waals surface area contributed by atoms with Gasteiger partial charge in [0.05, 0.1) is 0 Å². The highest BCUT2D eigenvalue weighted by Crippen LogP contribution is 2.31. The minimum atomic E-state index is -0.110. The average molecular weight is 221 g/mol. The van der Waals surface area contributed by atoms with Gasteiger partial charge in [0.15, 0.2) is 0 Å². The van der Waals surface area contributed by atoms with E-state index in [9.17, 15) is 4.39 Å². The van der Waals surface area contributed by atoms with Crippen LogP contribution in [0.4, 0.5) is 4.39 Å². The molecule has 1 aromatic carbocycles. The summed E-state index contributed by atoms with van der Waals surface area (Å²) in [4.78, 5) is 0. The molecule has 1 fully saturated rings. The second-order valence-corrected chi connectivity index (χ2v) is 4.99. The van der Waals surface area contributed by atoms with Gasteiger partial charge in [-0.25, -0.2) is 4.39 Å². The minimum Gasteiger partial charge on any atom is -0.328 e. The Kier molecular flexibility index (Phi) is 3.59. The molecule has 1 aromatic rings. The Balaban J connectivity index is 2.18. The van der Waals surface area contributed by atoms with Gasteiger partial charge in [0.1, 0.15) is 5.82 Å². The minimum absolute atomic E-state index is 0.110. The highest BCUT2D eigenvalue weighted by Gasteiger charge is 2.19. The van der Waals surface area contributed by atoms with E-state index in [1.165, 1.54) is 24.8 Å². The number of rotatable bonds is 1. The average Bonchev–Trinajstić information content (AvgIpc) is 2.47. The first-order valence-electron chi connectivity index (χ1n) is 6.18. The second-order valence-electron chi connectivity index (χ2n) is 4.99. The first-order valence-corrected chi connectivity index (χ1v) is 6.18. The molecule has 0 radical (unpaired) electrons. The zero-order valence-corrected chi connectivity index (χ0v) is 9.88. The number of hydrogen-bond acceptors (Lipinski definition) is 1. The van der Waals surface area contributed by atoms with Gasteiger partial charge in [0, 0.05) is 6.04 Å². The van der Waals surface area contributed by atoms with Crippen LogP contribution in [0.2, 0.25) is 0 Å². The number of nitrogens with two attached hydrogens (primary N) is 1. The van der Waals surface area contributed by atoms with E-state index >= 15 is 0 Å². The van der Waals surface area contributed by atoms with Gasteiger partial charge >= 0.3 is 0 Å². The Bertz CT molecular complexity index is 362. The number of benzene rings is 1. The highest BCUT2D eigenvalue weighted by atomic mass is 19.1. The highest BCUT2D eigenvalue weighted by molar-refractivity contribution is 5.27. The molecule has 1 nitrogen and oxygen atoms in total. The summed E-state index contributed by atoms with van der Waals surface area (Å²) >= 11 is 0. The Morgan fingerprint density at radius 2 is 2.00 bits per heavy atom. The SMILES string of the molecule is Cc1cc(C2CCCCC(N)C2)ccc1F. The first-order chi connectivity index (χ1) is 7.66. The molecule has 0 heterocycles. The predicted molar refractivity (Wildman–Crippen MR) is 64.9 cm³/mol. The van der Waals surface area contributed by atoms with Crippen LogP contribution in [0.15, 0.2) is 18.2 Å². The lowest BCUT2D eigenvalue weighted by molar-refractivity contribution is 0.533. The van der Waals surface area contributed by atoms with E-state index in [2.05, 4.69) is 0 Å². The number of halogens is 1. The lowest BCUT2D eigenvalue weighted by Crippen LogP contribution is -2.20. The molecule has 0 aromatic heterocycles. The largest absolute Gasteiger partial charge is 0.328 e. The maximum absolute atomic E-state index is 13.2. The fourth-order valence-corrected chi connectivity index (χ4v) is 2.62. The van der Waals surface area contributed by atoms with Gasteiger partial charge in [0.2, 0.25) is 0 Å². The van der Waals surface area contributed by atoms with Gasteiger partial charge in [-0.1, -0.05) is 25.0 Å². The molecule has 2 heteroatoms. The molecule has 16 heavy (non-hydrogen) atoms. The van der Waals surface area contributed by atoms with Crippen molar-refractivity contribution < 1.29 is 4.39 Å². The molecule has 2 N–H and O–H groups in total. The molecular weight excluding hydrogens is 201 g/mol. The number of hydrogen-bond donors (Lipinski definition) is 1. The van der Waals surface area contributed by atoms with Crippen LogP contribution in [0.1, 0.15) is 49.1 Å². The molecule has 0 amide bonds. The van der Waals surface area contributed by atoms with E-state index < -0.39 is 0 Å². The van der Waals surface area contributed by atoms with Crippen molar-refractivity contribution in [3.63, 3.8) is 0 Å². The standard InChI is InChI=1S/C14H20FN/c1-10-8-12(6-7-14(10)15)11-4-2-3-5-13(16)9-11/h6-8,11,13H,2-5,9,16H2,1H3. The quantitative estimate of drug-likeness (QED) is 0.721. The van der Waals surface area contributed by atoms with Gasteiger partial charge in [-0.05, 0) is 49.3 Å². The van der Waals surface area contributed by atoms with E-state index in [1.54, 1.807) is 6.07 Å². The molecule has 0 bridgehead atoms. The summed E-state index contributed by atoms with van der Waals surface area (Å²) in [7, 11) is 0. The van der Waals surface area contributed by atoms with Crippen molar-refractivity contribution in [1.82, 2.24) is 0 Å². The van der Waals surface area contributed by atoms with E-state index in [1.807, 2.05) is 19.1 Å². The van der Waals surface area contributed by atoms with Crippen molar-refractivity contribution in [2.45, 2.75) is 51.0 Å². The zero-order chi connectivity index (χ0) is 11.5. The van der Waals surface area contributed by atoms with Crippen LogP contribution in [0.25, 0.3) is 0 Å². The molecule has 88 valence electrons. The first kappa shape index (κ1) is 11.6. The van der Waals surface area contributed by atoms with Gasteiger partial charge in [-0.15, -0.1) is 0 Å². The number of aryl methyl sites for hydroxylation is 1. The van der Waals surface area contributed by atoms with Crippen molar-refractivity contribution in [3.8, 4) is 0 Å². The second kappa shape index (κ2) is 4.96. The molecule has 2 rings (SSSR count). The molecule has 1 saturated carbocycles. The molecule has 2 atom stereocenters. The Labute approximate surface area is 96.9 Å². The van der Waals surface area contributed by atoms with Crippen LogP contribution in [0, 0.1) is 12.7 Å². The molecule has 0 aliphatic heterocycles. The molecule has 0 spiro atoms. The Hall–Kier alpha value is -0.890. The molecule has 2 unspecified atom stereocenters. The van der Waals surface area contributed by atoms with Crippen LogP contribution in [-0.2, 0) is 0 Å². The van der Waals surface area contributed by atoms with Gasteiger partial charge in [-0.2, -0.15) is 0 Å². The third kappa shape index (κ3) is 2.62.